The highest BCUT2D eigenvalue weighted by Gasteiger charge is 2.24. The number of hydrogen-bond acceptors (Lipinski definition) is 5. The third-order valence-corrected chi connectivity index (χ3v) is 6.14. The van der Waals surface area contributed by atoms with Crippen molar-refractivity contribution in [1.82, 2.24) is 24.6 Å². The van der Waals surface area contributed by atoms with Crippen LogP contribution < -0.4 is 4.90 Å². The molecule has 3 aromatic rings. The molecular weight excluding hydrogens is 376 g/mol. The molecule has 30 heavy (non-hydrogen) atoms. The van der Waals surface area contributed by atoms with Crippen LogP contribution in [0.1, 0.15) is 40.3 Å². The van der Waals surface area contributed by atoms with Crippen LogP contribution in [0.3, 0.4) is 0 Å². The van der Waals surface area contributed by atoms with E-state index in [1.165, 1.54) is 5.56 Å². The zero-order valence-corrected chi connectivity index (χ0v) is 18.5. The van der Waals surface area contributed by atoms with E-state index in [1.54, 1.807) is 4.68 Å². The van der Waals surface area contributed by atoms with E-state index in [0.717, 1.165) is 60.7 Å². The number of piperidine rings is 1. The van der Waals surface area contributed by atoms with Gasteiger partial charge >= 0.3 is 0 Å². The molecule has 0 aliphatic carbocycles. The Labute approximate surface area is 177 Å². The van der Waals surface area contributed by atoms with E-state index in [2.05, 4.69) is 40.1 Å². The molecule has 0 aromatic carbocycles. The summed E-state index contributed by atoms with van der Waals surface area (Å²) in [6.45, 7) is 8.72. The summed E-state index contributed by atoms with van der Waals surface area (Å²) in [7, 11) is 3.74. The minimum Gasteiger partial charge on any atom is -0.357 e. The van der Waals surface area contributed by atoms with Crippen molar-refractivity contribution in [3.05, 3.63) is 46.9 Å². The second-order valence-corrected chi connectivity index (χ2v) is 8.53. The zero-order chi connectivity index (χ0) is 21.4. The minimum atomic E-state index is -0.00543. The number of nitrogens with zero attached hydrogens (tertiary/aromatic N) is 6. The molecular formula is C23H30N6O. The Morgan fingerprint density at radius 3 is 2.53 bits per heavy atom. The van der Waals surface area contributed by atoms with Gasteiger partial charge < -0.3 is 9.80 Å². The maximum Gasteiger partial charge on any atom is 0.274 e. The minimum absolute atomic E-state index is 0.00543. The van der Waals surface area contributed by atoms with Crippen LogP contribution in [0.15, 0.2) is 24.3 Å². The molecule has 0 unspecified atom stereocenters. The number of aryl methyl sites for hydroxylation is 4. The number of amides is 1. The first-order chi connectivity index (χ1) is 14.3. The molecule has 0 saturated carbocycles. The predicted molar refractivity (Wildman–Crippen MR) is 119 cm³/mol. The largest absolute Gasteiger partial charge is 0.357 e. The van der Waals surface area contributed by atoms with Crippen LogP contribution in [-0.4, -0.2) is 57.2 Å². The molecule has 4 heterocycles. The third kappa shape index (κ3) is 4.01. The van der Waals surface area contributed by atoms with Gasteiger partial charge in [0.05, 0.1) is 0 Å². The summed E-state index contributed by atoms with van der Waals surface area (Å²) in [6.07, 6.45) is 2.08. The monoisotopic (exact) mass is 406 g/mol. The first-order valence-corrected chi connectivity index (χ1v) is 10.6. The van der Waals surface area contributed by atoms with Gasteiger partial charge in [0.2, 0.25) is 0 Å². The summed E-state index contributed by atoms with van der Waals surface area (Å²) < 4.78 is 1.74. The topological polar surface area (TPSA) is 67.2 Å². The normalized spacial score (nSPS) is 15.0. The van der Waals surface area contributed by atoms with Gasteiger partial charge in [-0.15, -0.1) is 0 Å². The van der Waals surface area contributed by atoms with Gasteiger partial charge in [-0.25, -0.2) is 9.97 Å². The number of hydrogen-bond donors (Lipinski definition) is 0. The maximum atomic E-state index is 12.7. The number of aromatic nitrogens is 4. The Kier molecular flexibility index (Phi) is 5.45. The quantitative estimate of drug-likeness (QED) is 0.665. The number of pyridine rings is 2. The summed E-state index contributed by atoms with van der Waals surface area (Å²) in [5.41, 5.74) is 4.55. The second-order valence-electron chi connectivity index (χ2n) is 8.53. The fraction of sp³-hybridized carbons (Fsp3) is 0.478. The summed E-state index contributed by atoms with van der Waals surface area (Å²) in [5.74, 6) is 1.48. The lowest BCUT2D eigenvalue weighted by Crippen LogP contribution is -2.39. The lowest BCUT2D eigenvalue weighted by Gasteiger charge is -2.34. The summed E-state index contributed by atoms with van der Waals surface area (Å²) >= 11 is 0. The van der Waals surface area contributed by atoms with Crippen molar-refractivity contribution in [1.29, 1.82) is 0 Å². The molecule has 7 heteroatoms. The molecule has 7 nitrogen and oxygen atoms in total. The second kappa shape index (κ2) is 8.05. The molecule has 0 bridgehead atoms. The van der Waals surface area contributed by atoms with Gasteiger partial charge in [-0.2, -0.15) is 5.10 Å². The molecule has 158 valence electrons. The SMILES string of the molecule is Cc1cc(C)c2ccc(N3CCC(CN(C)C(=O)c4cc(C)n(C)n4)CC3)nc2n1. The van der Waals surface area contributed by atoms with Gasteiger partial charge in [0.25, 0.3) is 5.91 Å². The highest BCUT2D eigenvalue weighted by Crippen LogP contribution is 2.25. The van der Waals surface area contributed by atoms with Crippen molar-refractivity contribution < 1.29 is 4.79 Å². The van der Waals surface area contributed by atoms with Gasteiger partial charge in [0.1, 0.15) is 5.82 Å². The van der Waals surface area contributed by atoms with Gasteiger partial charge in [0, 0.05) is 50.5 Å². The molecule has 0 N–H and O–H groups in total. The zero-order valence-electron chi connectivity index (χ0n) is 18.5. The van der Waals surface area contributed by atoms with Crippen LogP contribution >= 0.6 is 0 Å². The lowest BCUT2D eigenvalue weighted by atomic mass is 9.96. The summed E-state index contributed by atoms with van der Waals surface area (Å²) in [6, 6.07) is 8.18. The molecule has 1 fully saturated rings. The van der Waals surface area contributed by atoms with Crippen molar-refractivity contribution in [3.63, 3.8) is 0 Å². The fourth-order valence-corrected chi connectivity index (χ4v) is 4.27. The van der Waals surface area contributed by atoms with E-state index >= 15 is 0 Å². The number of fused-ring (bicyclic) bond motifs is 1. The van der Waals surface area contributed by atoms with E-state index < -0.39 is 0 Å². The highest BCUT2D eigenvalue weighted by molar-refractivity contribution is 5.92. The number of anilines is 1. The average molecular weight is 407 g/mol. The smallest absolute Gasteiger partial charge is 0.274 e. The maximum absolute atomic E-state index is 12.7. The first-order valence-electron chi connectivity index (χ1n) is 10.6. The van der Waals surface area contributed by atoms with Crippen LogP contribution in [0.4, 0.5) is 5.82 Å². The van der Waals surface area contributed by atoms with Crippen molar-refractivity contribution in [2.45, 2.75) is 33.6 Å². The standard InChI is InChI=1S/C23H30N6O/c1-15-12-16(2)24-22-19(15)6-7-21(25-22)29-10-8-18(9-11-29)14-27(4)23(30)20-13-17(3)28(5)26-20/h6-7,12-13,18H,8-11,14H2,1-5H3. The van der Waals surface area contributed by atoms with Crippen LogP contribution in [-0.2, 0) is 7.05 Å². The molecule has 1 aliphatic rings. The highest BCUT2D eigenvalue weighted by atomic mass is 16.2. The van der Waals surface area contributed by atoms with Crippen molar-refractivity contribution in [3.8, 4) is 0 Å². The van der Waals surface area contributed by atoms with Crippen molar-refractivity contribution in [2.24, 2.45) is 13.0 Å². The lowest BCUT2D eigenvalue weighted by molar-refractivity contribution is 0.0758. The Hall–Kier alpha value is -2.96. The molecule has 1 amide bonds. The molecule has 1 aliphatic heterocycles. The number of carbonyl (C=O) groups excluding carboxylic acids is 1. The molecule has 0 atom stereocenters. The Morgan fingerprint density at radius 1 is 1.13 bits per heavy atom. The number of carbonyl (C=O) groups is 1. The van der Waals surface area contributed by atoms with Crippen LogP contribution in [0.2, 0.25) is 0 Å². The van der Waals surface area contributed by atoms with Crippen LogP contribution in [0, 0.1) is 26.7 Å². The van der Waals surface area contributed by atoms with E-state index in [0.29, 0.717) is 11.6 Å². The summed E-state index contributed by atoms with van der Waals surface area (Å²) in [5, 5.41) is 5.43. The predicted octanol–water partition coefficient (Wildman–Crippen LogP) is 3.28. The van der Waals surface area contributed by atoms with Crippen LogP contribution in [0.5, 0.6) is 0 Å². The van der Waals surface area contributed by atoms with E-state index in [1.807, 2.05) is 38.9 Å². The van der Waals surface area contributed by atoms with Gasteiger partial charge in [-0.1, -0.05) is 0 Å². The Morgan fingerprint density at radius 2 is 1.87 bits per heavy atom. The number of rotatable bonds is 4. The molecule has 1 saturated heterocycles. The first kappa shape index (κ1) is 20.3. The summed E-state index contributed by atoms with van der Waals surface area (Å²) in [4.78, 5) is 26.3. The molecule has 3 aromatic heterocycles. The van der Waals surface area contributed by atoms with Gasteiger partial charge in [0.15, 0.2) is 11.3 Å². The Balaban J connectivity index is 1.38. The average Bonchev–Trinajstić information content (AvgIpc) is 3.05. The molecule has 4 rings (SSSR count). The fourth-order valence-electron chi connectivity index (χ4n) is 4.27. The Bertz CT molecular complexity index is 1060. The molecule has 0 spiro atoms. The third-order valence-electron chi connectivity index (χ3n) is 6.14. The van der Waals surface area contributed by atoms with Crippen molar-refractivity contribution in [2.75, 3.05) is 31.6 Å². The molecule has 0 radical (unpaired) electrons. The van der Waals surface area contributed by atoms with E-state index in [-0.39, 0.29) is 5.91 Å². The van der Waals surface area contributed by atoms with E-state index in [4.69, 9.17) is 4.98 Å². The van der Waals surface area contributed by atoms with Gasteiger partial charge in [-0.3, -0.25) is 9.48 Å². The van der Waals surface area contributed by atoms with Crippen LogP contribution in [0.25, 0.3) is 11.0 Å². The van der Waals surface area contributed by atoms with E-state index in [9.17, 15) is 4.79 Å². The van der Waals surface area contributed by atoms with Crippen molar-refractivity contribution >= 4 is 22.8 Å². The van der Waals surface area contributed by atoms with Gasteiger partial charge in [-0.05, 0) is 69.4 Å².